The smallest absolute Gasteiger partial charge is 0.0527 e. The second-order valence-electron chi connectivity index (χ2n) is 12.2. The van der Waals surface area contributed by atoms with Gasteiger partial charge in [-0.3, -0.25) is 0 Å². The van der Waals surface area contributed by atoms with Crippen molar-refractivity contribution in [1.29, 1.82) is 0 Å². The van der Waals surface area contributed by atoms with Crippen LogP contribution < -0.4 is 20.0 Å². The topological polar surface area (TPSA) is 52.6 Å². The van der Waals surface area contributed by atoms with Gasteiger partial charge in [-0.1, -0.05) is 74.5 Å². The minimum absolute atomic E-state index is 0.239. The van der Waals surface area contributed by atoms with Crippen molar-refractivity contribution in [2.45, 2.75) is 37.4 Å². The summed E-state index contributed by atoms with van der Waals surface area (Å²) in [7, 11) is 6.14. The molecule has 2 aliphatic rings. The van der Waals surface area contributed by atoms with Crippen molar-refractivity contribution in [2.75, 3.05) is 30.9 Å². The Morgan fingerprint density at radius 3 is 2.10 bits per heavy atom. The van der Waals surface area contributed by atoms with E-state index in [2.05, 4.69) is 111 Å². The fourth-order valence-electron chi connectivity index (χ4n) is 6.76. The standard InChI is InChI=1S/C36H34N2O2S2/c1-36(2)26-12-8-9-13-27(26)38(5)30(36)20-25-32(39)31(33(25)40)28-18-19-29(41-28)35-24-11-7-6-10-23(24)34(42-35)21-14-16-22(17-15-21)37(3)4/h6-20,25,31-33H,1-5H3/q-2. The number of anilines is 2. The molecule has 0 N–H and O–H groups in total. The average Bonchev–Trinajstić information content (AvgIpc) is 3.66. The minimum atomic E-state index is -0.940. The zero-order valence-corrected chi connectivity index (χ0v) is 26.1. The molecule has 3 aromatic carbocycles. The molecule has 0 bridgehead atoms. The number of allylic oxidation sites excluding steroid dienone is 1. The Hall–Kier alpha value is -3.42. The van der Waals surface area contributed by atoms with Gasteiger partial charge in [0.05, 0.1) is 4.88 Å². The number of likely N-dealkylation sites (N-methyl/N-ethyl adjacent to an activating group) is 1. The Labute approximate surface area is 255 Å². The normalized spacial score (nSPS) is 23.8. The van der Waals surface area contributed by atoms with Gasteiger partial charge in [0.2, 0.25) is 0 Å². The van der Waals surface area contributed by atoms with E-state index in [-0.39, 0.29) is 5.41 Å². The third kappa shape index (κ3) is 4.15. The van der Waals surface area contributed by atoms with E-state index >= 15 is 0 Å². The van der Waals surface area contributed by atoms with Crippen LogP contribution in [-0.2, 0) is 5.41 Å². The van der Waals surface area contributed by atoms with Gasteiger partial charge in [0.25, 0.3) is 0 Å². The van der Waals surface area contributed by atoms with Crippen molar-refractivity contribution in [3.63, 3.8) is 0 Å². The van der Waals surface area contributed by atoms with E-state index in [0.29, 0.717) is 0 Å². The third-order valence-corrected chi connectivity index (χ3v) is 11.8. The molecule has 0 saturated heterocycles. The van der Waals surface area contributed by atoms with Crippen LogP contribution in [0.2, 0.25) is 0 Å². The molecule has 2 aromatic heterocycles. The fourth-order valence-corrected chi connectivity index (χ4v) is 9.34. The Bertz CT molecular complexity index is 1800. The SMILES string of the molecule is CN(C)c1ccc(-c2sc(-c3ccc(C4C([O-])C(C=C5N(C)c6ccccc6C5(C)C)C4[O-])s3)c3ccccc23)cc1. The number of rotatable bonds is 5. The first-order valence-electron chi connectivity index (χ1n) is 14.4. The highest BCUT2D eigenvalue weighted by atomic mass is 32.1. The van der Waals surface area contributed by atoms with Crippen molar-refractivity contribution < 1.29 is 10.2 Å². The molecule has 3 heterocycles. The molecular formula is C36H34N2O2S2-2. The molecule has 1 fully saturated rings. The highest BCUT2D eigenvalue weighted by molar-refractivity contribution is 7.25. The summed E-state index contributed by atoms with van der Waals surface area (Å²) >= 11 is 3.40. The Balaban J connectivity index is 1.18. The lowest BCUT2D eigenvalue weighted by atomic mass is 9.67. The van der Waals surface area contributed by atoms with Gasteiger partial charge in [0.15, 0.2) is 0 Å². The summed E-state index contributed by atoms with van der Waals surface area (Å²) in [6.07, 6.45) is 0.108. The van der Waals surface area contributed by atoms with Crippen LogP contribution in [0.1, 0.15) is 30.2 Å². The number of nitrogens with zero attached hydrogens (tertiary/aromatic N) is 2. The summed E-state index contributed by atoms with van der Waals surface area (Å²) in [6, 6.07) is 29.7. The van der Waals surface area contributed by atoms with E-state index in [9.17, 15) is 10.2 Å². The summed E-state index contributed by atoms with van der Waals surface area (Å²) in [6.45, 7) is 4.36. The molecular weight excluding hydrogens is 557 g/mol. The summed E-state index contributed by atoms with van der Waals surface area (Å²) in [4.78, 5) is 8.73. The Morgan fingerprint density at radius 1 is 0.786 bits per heavy atom. The molecule has 1 aliphatic carbocycles. The van der Waals surface area contributed by atoms with E-state index in [1.54, 1.807) is 22.7 Å². The van der Waals surface area contributed by atoms with Gasteiger partial charge in [-0.25, -0.2) is 0 Å². The lowest BCUT2D eigenvalue weighted by molar-refractivity contribution is -0.542. The first kappa shape index (κ1) is 27.4. The van der Waals surface area contributed by atoms with Gasteiger partial charge >= 0.3 is 0 Å². The number of hydrogen-bond donors (Lipinski definition) is 0. The number of thiophene rings is 2. The van der Waals surface area contributed by atoms with Crippen LogP contribution in [0, 0.1) is 5.92 Å². The Kier molecular flexibility index (Phi) is 6.59. The van der Waals surface area contributed by atoms with Crippen LogP contribution in [0.4, 0.5) is 11.4 Å². The van der Waals surface area contributed by atoms with Crippen LogP contribution in [0.25, 0.3) is 31.0 Å². The van der Waals surface area contributed by atoms with Crippen molar-refractivity contribution >= 4 is 44.8 Å². The van der Waals surface area contributed by atoms with Crippen LogP contribution in [0.5, 0.6) is 0 Å². The van der Waals surface area contributed by atoms with Crippen LogP contribution in [0.3, 0.4) is 0 Å². The van der Waals surface area contributed by atoms with E-state index in [0.717, 1.165) is 21.1 Å². The largest absolute Gasteiger partial charge is 0.851 e. The van der Waals surface area contributed by atoms with Crippen LogP contribution in [0.15, 0.2) is 96.7 Å². The zero-order valence-electron chi connectivity index (χ0n) is 24.5. The fraction of sp³-hybridized carbons (Fsp3) is 0.278. The zero-order chi connectivity index (χ0) is 29.3. The highest BCUT2D eigenvalue weighted by Gasteiger charge is 2.42. The molecule has 2 unspecified atom stereocenters. The molecule has 4 nitrogen and oxygen atoms in total. The van der Waals surface area contributed by atoms with Gasteiger partial charge in [-0.2, -0.15) is 0 Å². The van der Waals surface area contributed by atoms with Crippen molar-refractivity contribution in [3.8, 4) is 20.2 Å². The molecule has 214 valence electrons. The molecule has 0 radical (unpaired) electrons. The van der Waals surface area contributed by atoms with Gasteiger partial charge in [0.1, 0.15) is 0 Å². The number of para-hydroxylation sites is 1. The minimum Gasteiger partial charge on any atom is -0.851 e. The van der Waals surface area contributed by atoms with E-state index in [1.807, 2.05) is 25.3 Å². The quantitative estimate of drug-likeness (QED) is 0.225. The number of hydrogen-bond acceptors (Lipinski definition) is 6. The molecule has 0 spiro atoms. The predicted molar refractivity (Wildman–Crippen MR) is 175 cm³/mol. The molecule has 6 heteroatoms. The molecule has 42 heavy (non-hydrogen) atoms. The van der Waals surface area contributed by atoms with Gasteiger partial charge in [0, 0.05) is 69.0 Å². The lowest BCUT2D eigenvalue weighted by Gasteiger charge is -2.60. The van der Waals surface area contributed by atoms with Crippen molar-refractivity contribution in [3.05, 3.63) is 107 Å². The van der Waals surface area contributed by atoms with Crippen LogP contribution >= 0.6 is 22.7 Å². The van der Waals surface area contributed by atoms with Crippen molar-refractivity contribution in [2.24, 2.45) is 5.92 Å². The molecule has 0 amide bonds. The first-order valence-corrected chi connectivity index (χ1v) is 16.1. The van der Waals surface area contributed by atoms with Crippen LogP contribution in [-0.4, -0.2) is 33.4 Å². The van der Waals surface area contributed by atoms with Gasteiger partial charge in [-0.15, -0.1) is 34.9 Å². The van der Waals surface area contributed by atoms with E-state index < -0.39 is 24.0 Å². The first-order chi connectivity index (χ1) is 20.2. The molecule has 2 atom stereocenters. The average molecular weight is 591 g/mol. The maximum absolute atomic E-state index is 13.6. The predicted octanol–water partition coefficient (Wildman–Crippen LogP) is 6.85. The summed E-state index contributed by atoms with van der Waals surface area (Å²) in [5.74, 6) is -1.03. The lowest BCUT2D eigenvalue weighted by Crippen LogP contribution is -2.64. The van der Waals surface area contributed by atoms with E-state index in [1.165, 1.54) is 37.3 Å². The maximum Gasteiger partial charge on any atom is 0.0527 e. The molecule has 1 aliphatic heterocycles. The summed E-state index contributed by atoms with van der Waals surface area (Å²) < 4.78 is 0. The van der Waals surface area contributed by atoms with Gasteiger partial charge < -0.3 is 20.0 Å². The third-order valence-electron chi connectivity index (χ3n) is 9.20. The highest BCUT2D eigenvalue weighted by Crippen LogP contribution is 2.52. The maximum atomic E-state index is 13.6. The summed E-state index contributed by atoms with van der Waals surface area (Å²) in [5, 5.41) is 29.6. The molecule has 7 rings (SSSR count). The second-order valence-corrected chi connectivity index (χ2v) is 14.4. The Morgan fingerprint density at radius 2 is 1.43 bits per heavy atom. The van der Waals surface area contributed by atoms with E-state index in [4.69, 9.17) is 0 Å². The van der Waals surface area contributed by atoms with Crippen molar-refractivity contribution in [1.82, 2.24) is 0 Å². The number of benzene rings is 3. The molecule has 5 aromatic rings. The second kappa shape index (κ2) is 10.1. The number of fused-ring (bicyclic) bond motifs is 2. The summed E-state index contributed by atoms with van der Waals surface area (Å²) in [5.41, 5.74) is 5.56. The van der Waals surface area contributed by atoms with Gasteiger partial charge in [-0.05, 0) is 53.3 Å². The molecule has 1 saturated carbocycles. The monoisotopic (exact) mass is 590 g/mol.